The smallest absolute Gasteiger partial charge is 0.303 e. The van der Waals surface area contributed by atoms with Crippen LogP contribution < -0.4 is 10.6 Å². The first-order valence-corrected chi connectivity index (χ1v) is 6.83. The van der Waals surface area contributed by atoms with Gasteiger partial charge in [-0.2, -0.15) is 0 Å². The minimum atomic E-state index is -0.943. The van der Waals surface area contributed by atoms with Crippen LogP contribution in [-0.4, -0.2) is 40.9 Å². The third kappa shape index (κ3) is 6.12. The van der Waals surface area contributed by atoms with Crippen molar-refractivity contribution in [2.24, 2.45) is 0 Å². The number of hydrogen-bond donors (Lipinski definition) is 3. The maximum absolute atomic E-state index is 11.9. The SMILES string of the molecule is Cc1cc(C(=O)NCC(=O)NCCCC(=O)O)ccc1[N+](=O)[O-]. The highest BCUT2D eigenvalue weighted by Gasteiger charge is 2.14. The lowest BCUT2D eigenvalue weighted by Gasteiger charge is -2.07. The quantitative estimate of drug-likeness (QED) is 0.364. The third-order valence-electron chi connectivity index (χ3n) is 2.95. The summed E-state index contributed by atoms with van der Waals surface area (Å²) in [7, 11) is 0. The molecule has 0 aromatic heterocycles. The molecule has 0 bridgehead atoms. The molecule has 0 aliphatic heterocycles. The second-order valence-corrected chi connectivity index (χ2v) is 4.79. The molecule has 3 N–H and O–H groups in total. The van der Waals surface area contributed by atoms with Gasteiger partial charge in [0.15, 0.2) is 0 Å². The van der Waals surface area contributed by atoms with Gasteiger partial charge < -0.3 is 15.7 Å². The maximum atomic E-state index is 11.9. The molecule has 1 rings (SSSR count). The number of carbonyl (C=O) groups excluding carboxylic acids is 2. The molecule has 124 valence electrons. The molecule has 0 atom stereocenters. The first kappa shape index (κ1) is 18.1. The Bertz CT molecular complexity index is 629. The van der Waals surface area contributed by atoms with E-state index in [1.54, 1.807) is 0 Å². The van der Waals surface area contributed by atoms with E-state index in [-0.39, 0.29) is 30.8 Å². The number of amides is 2. The summed E-state index contributed by atoms with van der Waals surface area (Å²) in [4.78, 5) is 43.8. The second-order valence-electron chi connectivity index (χ2n) is 4.79. The summed E-state index contributed by atoms with van der Waals surface area (Å²) in [6, 6.07) is 3.92. The summed E-state index contributed by atoms with van der Waals surface area (Å²) >= 11 is 0. The lowest BCUT2D eigenvalue weighted by Crippen LogP contribution is -2.37. The number of carboxylic acid groups (broad SMARTS) is 1. The molecule has 0 aliphatic carbocycles. The molecular formula is C14H17N3O6. The summed E-state index contributed by atoms with van der Waals surface area (Å²) in [6.45, 7) is 1.46. The Hall–Kier alpha value is -2.97. The van der Waals surface area contributed by atoms with E-state index in [0.717, 1.165) is 0 Å². The van der Waals surface area contributed by atoms with E-state index in [2.05, 4.69) is 10.6 Å². The number of carbonyl (C=O) groups is 3. The number of aryl methyl sites for hydroxylation is 1. The molecule has 0 heterocycles. The summed E-state index contributed by atoms with van der Waals surface area (Å²) in [5.74, 6) is -1.91. The minimum Gasteiger partial charge on any atom is -0.481 e. The van der Waals surface area contributed by atoms with Gasteiger partial charge in [-0.25, -0.2) is 0 Å². The van der Waals surface area contributed by atoms with E-state index < -0.39 is 22.7 Å². The zero-order chi connectivity index (χ0) is 17.4. The van der Waals surface area contributed by atoms with Crippen molar-refractivity contribution in [3.8, 4) is 0 Å². The number of benzene rings is 1. The predicted molar refractivity (Wildman–Crippen MR) is 80.0 cm³/mol. The highest BCUT2D eigenvalue weighted by Crippen LogP contribution is 2.18. The van der Waals surface area contributed by atoms with Crippen LogP contribution in [-0.2, 0) is 9.59 Å². The van der Waals surface area contributed by atoms with Crippen LogP contribution in [0.4, 0.5) is 5.69 Å². The lowest BCUT2D eigenvalue weighted by atomic mass is 10.1. The number of carboxylic acids is 1. The molecule has 0 spiro atoms. The lowest BCUT2D eigenvalue weighted by molar-refractivity contribution is -0.385. The fraction of sp³-hybridized carbons (Fsp3) is 0.357. The van der Waals surface area contributed by atoms with Crippen molar-refractivity contribution in [2.45, 2.75) is 19.8 Å². The molecular weight excluding hydrogens is 306 g/mol. The highest BCUT2D eigenvalue weighted by atomic mass is 16.6. The molecule has 0 radical (unpaired) electrons. The van der Waals surface area contributed by atoms with Crippen LogP contribution >= 0.6 is 0 Å². The van der Waals surface area contributed by atoms with Gasteiger partial charge in [0.1, 0.15) is 0 Å². The largest absolute Gasteiger partial charge is 0.481 e. The standard InChI is InChI=1S/C14H17N3O6/c1-9-7-10(4-5-11(9)17(22)23)14(21)16-8-12(18)15-6-2-3-13(19)20/h4-5,7H,2-3,6,8H2,1H3,(H,15,18)(H,16,21)(H,19,20). The number of rotatable bonds is 8. The van der Waals surface area contributed by atoms with Gasteiger partial charge >= 0.3 is 5.97 Å². The van der Waals surface area contributed by atoms with Gasteiger partial charge in [-0.15, -0.1) is 0 Å². The molecule has 9 heteroatoms. The Morgan fingerprint density at radius 2 is 1.96 bits per heavy atom. The van der Waals surface area contributed by atoms with E-state index >= 15 is 0 Å². The molecule has 1 aromatic rings. The van der Waals surface area contributed by atoms with Crippen molar-refractivity contribution in [3.05, 3.63) is 39.4 Å². The molecule has 9 nitrogen and oxygen atoms in total. The molecule has 2 amide bonds. The Morgan fingerprint density at radius 1 is 1.26 bits per heavy atom. The normalized spacial score (nSPS) is 9.96. The van der Waals surface area contributed by atoms with Gasteiger partial charge in [-0.3, -0.25) is 24.5 Å². The van der Waals surface area contributed by atoms with Crippen LogP contribution in [0, 0.1) is 17.0 Å². The molecule has 0 fully saturated rings. The van der Waals surface area contributed by atoms with Gasteiger partial charge in [0.2, 0.25) is 5.91 Å². The summed E-state index contributed by atoms with van der Waals surface area (Å²) in [5.41, 5.74) is 0.477. The molecule has 1 aromatic carbocycles. The van der Waals surface area contributed by atoms with Gasteiger partial charge in [0.05, 0.1) is 11.5 Å². The van der Waals surface area contributed by atoms with Crippen LogP contribution in [0.5, 0.6) is 0 Å². The number of hydrogen-bond acceptors (Lipinski definition) is 5. The third-order valence-corrected chi connectivity index (χ3v) is 2.95. The maximum Gasteiger partial charge on any atom is 0.303 e. The number of nitro benzene ring substituents is 1. The number of nitrogens with zero attached hydrogens (tertiary/aromatic N) is 1. The number of nitrogens with one attached hydrogen (secondary N) is 2. The van der Waals surface area contributed by atoms with E-state index in [1.807, 2.05) is 0 Å². The number of nitro groups is 1. The molecule has 0 saturated heterocycles. The van der Waals surface area contributed by atoms with Crippen LogP contribution in [0.25, 0.3) is 0 Å². The van der Waals surface area contributed by atoms with Crippen LogP contribution in [0.3, 0.4) is 0 Å². The van der Waals surface area contributed by atoms with Gasteiger partial charge in [-0.05, 0) is 25.5 Å². The topological polar surface area (TPSA) is 139 Å². The fourth-order valence-corrected chi connectivity index (χ4v) is 1.79. The Kier molecular flexibility index (Phi) is 6.66. The van der Waals surface area contributed by atoms with Crippen molar-refractivity contribution in [1.82, 2.24) is 10.6 Å². The van der Waals surface area contributed by atoms with Crippen LogP contribution in [0.1, 0.15) is 28.8 Å². The van der Waals surface area contributed by atoms with Crippen LogP contribution in [0.15, 0.2) is 18.2 Å². The van der Waals surface area contributed by atoms with Crippen LogP contribution in [0.2, 0.25) is 0 Å². The van der Waals surface area contributed by atoms with Crippen molar-refractivity contribution >= 4 is 23.5 Å². The molecule has 23 heavy (non-hydrogen) atoms. The van der Waals surface area contributed by atoms with E-state index in [9.17, 15) is 24.5 Å². The minimum absolute atomic E-state index is 0.0469. The first-order chi connectivity index (χ1) is 10.8. The monoisotopic (exact) mass is 323 g/mol. The Morgan fingerprint density at radius 3 is 2.52 bits per heavy atom. The van der Waals surface area contributed by atoms with Gasteiger partial charge in [0, 0.05) is 30.2 Å². The average Bonchev–Trinajstić information content (AvgIpc) is 2.48. The summed E-state index contributed by atoms with van der Waals surface area (Å²) < 4.78 is 0. The summed E-state index contributed by atoms with van der Waals surface area (Å²) in [6.07, 6.45) is 0.255. The highest BCUT2D eigenvalue weighted by molar-refractivity contribution is 5.96. The van der Waals surface area contributed by atoms with Gasteiger partial charge in [-0.1, -0.05) is 0 Å². The van der Waals surface area contributed by atoms with Crippen molar-refractivity contribution in [2.75, 3.05) is 13.1 Å². The zero-order valence-corrected chi connectivity index (χ0v) is 12.5. The van der Waals surface area contributed by atoms with E-state index in [4.69, 9.17) is 5.11 Å². The average molecular weight is 323 g/mol. The van der Waals surface area contributed by atoms with Crippen molar-refractivity contribution in [3.63, 3.8) is 0 Å². The molecule has 0 unspecified atom stereocenters. The molecule has 0 aliphatic rings. The molecule has 0 saturated carbocycles. The Balaban J connectivity index is 2.44. The predicted octanol–water partition coefficient (Wildman–Crippen LogP) is 0.614. The van der Waals surface area contributed by atoms with Crippen molar-refractivity contribution in [1.29, 1.82) is 0 Å². The van der Waals surface area contributed by atoms with E-state index in [0.29, 0.717) is 12.0 Å². The van der Waals surface area contributed by atoms with Crippen molar-refractivity contribution < 1.29 is 24.4 Å². The van der Waals surface area contributed by atoms with E-state index in [1.165, 1.54) is 25.1 Å². The fourth-order valence-electron chi connectivity index (χ4n) is 1.79. The first-order valence-electron chi connectivity index (χ1n) is 6.83. The van der Waals surface area contributed by atoms with Gasteiger partial charge in [0.25, 0.3) is 11.6 Å². The Labute approximate surface area is 131 Å². The number of aliphatic carboxylic acids is 1. The zero-order valence-electron chi connectivity index (χ0n) is 12.5. The summed E-state index contributed by atoms with van der Waals surface area (Å²) in [5, 5.41) is 24.0. The second kappa shape index (κ2) is 8.47.